The molecule has 0 radical (unpaired) electrons. The maximum Gasteiger partial charge on any atom is 0.319 e. The van der Waals surface area contributed by atoms with Crippen LogP contribution in [0.15, 0.2) is 15.2 Å². The summed E-state index contributed by atoms with van der Waals surface area (Å²) < 4.78 is 0.845. The first kappa shape index (κ1) is 14.3. The minimum atomic E-state index is -0.411. The lowest BCUT2D eigenvalue weighted by Gasteiger charge is -2.31. The number of hydrogen-bond donors (Lipinski definition) is 2. The predicted molar refractivity (Wildman–Crippen MR) is 79.4 cm³/mol. The van der Waals surface area contributed by atoms with Crippen molar-refractivity contribution in [3.05, 3.63) is 15.2 Å². The molecule has 3 amide bonds. The monoisotopic (exact) mass is 345 g/mol. The summed E-state index contributed by atoms with van der Waals surface area (Å²) in [4.78, 5) is 25.7. The molecular formula is C12H16BrN3O2S. The molecule has 1 aromatic rings. The van der Waals surface area contributed by atoms with Gasteiger partial charge in [0.2, 0.25) is 5.91 Å². The summed E-state index contributed by atoms with van der Waals surface area (Å²) in [5, 5.41) is 9.20. The van der Waals surface area contributed by atoms with E-state index < -0.39 is 6.04 Å². The molecule has 1 atom stereocenters. The first-order valence-electron chi connectivity index (χ1n) is 6.19. The van der Waals surface area contributed by atoms with Crippen LogP contribution in [0.2, 0.25) is 0 Å². The van der Waals surface area contributed by atoms with Crippen LogP contribution in [0.5, 0.6) is 0 Å². The van der Waals surface area contributed by atoms with Crippen molar-refractivity contribution < 1.29 is 9.59 Å². The Morgan fingerprint density at radius 1 is 1.58 bits per heavy atom. The summed E-state index contributed by atoms with van der Waals surface area (Å²) in [7, 11) is 0. The summed E-state index contributed by atoms with van der Waals surface area (Å²) in [5.41, 5.74) is 0.720. The third-order valence-electron chi connectivity index (χ3n) is 3.08. The van der Waals surface area contributed by atoms with Crippen molar-refractivity contribution in [3.63, 3.8) is 0 Å². The van der Waals surface area contributed by atoms with Gasteiger partial charge in [-0.05, 0) is 35.7 Å². The number of urea groups is 1. The number of anilines is 1. The van der Waals surface area contributed by atoms with Gasteiger partial charge in [-0.2, -0.15) is 0 Å². The Morgan fingerprint density at radius 2 is 2.37 bits per heavy atom. The van der Waals surface area contributed by atoms with E-state index in [1.807, 2.05) is 17.7 Å². The Bertz CT molecular complexity index is 477. The number of likely N-dealkylation sites (tertiary alicyclic amines) is 1. The van der Waals surface area contributed by atoms with Crippen LogP contribution in [0.3, 0.4) is 0 Å². The van der Waals surface area contributed by atoms with Gasteiger partial charge in [-0.1, -0.05) is 0 Å². The Kier molecular flexibility index (Phi) is 4.81. The highest BCUT2D eigenvalue weighted by Gasteiger charge is 2.28. The molecule has 1 aliphatic heterocycles. The molecule has 19 heavy (non-hydrogen) atoms. The largest absolute Gasteiger partial charge is 0.341 e. The van der Waals surface area contributed by atoms with Gasteiger partial charge in [-0.3, -0.25) is 4.79 Å². The van der Waals surface area contributed by atoms with Crippen LogP contribution in [0.25, 0.3) is 0 Å². The molecule has 104 valence electrons. The fourth-order valence-corrected chi connectivity index (χ4v) is 3.40. The number of thiophene rings is 1. The summed E-state index contributed by atoms with van der Waals surface area (Å²) in [6.07, 6.45) is 1.63. The molecule has 7 heteroatoms. The number of carbonyl (C=O) groups excluding carboxylic acids is 2. The third-order valence-corrected chi connectivity index (χ3v) is 4.78. The van der Waals surface area contributed by atoms with Crippen LogP contribution in [-0.4, -0.2) is 36.0 Å². The molecule has 0 aromatic carbocycles. The van der Waals surface area contributed by atoms with Gasteiger partial charge in [0.1, 0.15) is 6.04 Å². The van der Waals surface area contributed by atoms with E-state index >= 15 is 0 Å². The van der Waals surface area contributed by atoms with Crippen LogP contribution in [-0.2, 0) is 4.79 Å². The van der Waals surface area contributed by atoms with E-state index in [1.54, 1.807) is 4.90 Å². The van der Waals surface area contributed by atoms with E-state index in [0.717, 1.165) is 23.1 Å². The van der Waals surface area contributed by atoms with E-state index in [4.69, 9.17) is 0 Å². The van der Waals surface area contributed by atoms with Crippen LogP contribution in [0.1, 0.15) is 19.8 Å². The van der Waals surface area contributed by atoms with E-state index in [2.05, 4.69) is 26.6 Å². The molecular weight excluding hydrogens is 330 g/mol. The van der Waals surface area contributed by atoms with Gasteiger partial charge in [0, 0.05) is 23.8 Å². The SMILES string of the molecule is CCN1CCCC(NC(=O)Nc2cscc2Br)C1=O. The quantitative estimate of drug-likeness (QED) is 0.884. The molecule has 1 aliphatic rings. The first-order chi connectivity index (χ1) is 9.11. The van der Waals surface area contributed by atoms with Gasteiger partial charge in [0.05, 0.1) is 10.2 Å². The maximum absolute atomic E-state index is 12.0. The number of nitrogens with one attached hydrogen (secondary N) is 2. The molecule has 1 fully saturated rings. The van der Waals surface area contributed by atoms with Gasteiger partial charge < -0.3 is 15.5 Å². The van der Waals surface area contributed by atoms with Crippen molar-refractivity contribution in [3.8, 4) is 0 Å². The Hall–Kier alpha value is -1.08. The number of nitrogens with zero attached hydrogens (tertiary/aromatic N) is 1. The highest BCUT2D eigenvalue weighted by atomic mass is 79.9. The van der Waals surface area contributed by atoms with Crippen LogP contribution in [0, 0.1) is 0 Å². The number of carbonyl (C=O) groups is 2. The molecule has 2 N–H and O–H groups in total. The fraction of sp³-hybridized carbons (Fsp3) is 0.500. The van der Waals surface area contributed by atoms with E-state index in [-0.39, 0.29) is 11.9 Å². The smallest absolute Gasteiger partial charge is 0.319 e. The Morgan fingerprint density at radius 3 is 3.00 bits per heavy atom. The zero-order chi connectivity index (χ0) is 13.8. The van der Waals surface area contributed by atoms with Gasteiger partial charge in [0.25, 0.3) is 0 Å². The summed E-state index contributed by atoms with van der Waals surface area (Å²) in [5.74, 6) is 0.00767. The second-order valence-electron chi connectivity index (χ2n) is 4.34. The van der Waals surface area contributed by atoms with Crippen molar-refractivity contribution in [1.82, 2.24) is 10.2 Å². The molecule has 0 aliphatic carbocycles. The summed E-state index contributed by atoms with van der Waals surface area (Å²) in [6, 6.07) is -0.749. The topological polar surface area (TPSA) is 61.4 Å². The number of likely N-dealkylation sites (N-methyl/N-ethyl adjacent to an activating group) is 1. The van der Waals surface area contributed by atoms with Gasteiger partial charge in [0.15, 0.2) is 0 Å². The van der Waals surface area contributed by atoms with Crippen molar-refractivity contribution in [2.24, 2.45) is 0 Å². The van der Waals surface area contributed by atoms with Crippen molar-refractivity contribution >= 4 is 44.9 Å². The molecule has 2 heterocycles. The minimum Gasteiger partial charge on any atom is -0.341 e. The predicted octanol–water partition coefficient (Wildman–Crippen LogP) is 2.64. The minimum absolute atomic E-state index is 0.00767. The lowest BCUT2D eigenvalue weighted by atomic mass is 10.1. The average Bonchev–Trinajstić information content (AvgIpc) is 2.78. The van der Waals surface area contributed by atoms with Gasteiger partial charge in [-0.15, -0.1) is 11.3 Å². The van der Waals surface area contributed by atoms with Gasteiger partial charge in [-0.25, -0.2) is 4.79 Å². The lowest BCUT2D eigenvalue weighted by Crippen LogP contribution is -2.52. The Balaban J connectivity index is 1.91. The second kappa shape index (κ2) is 6.38. The van der Waals surface area contributed by atoms with Crippen molar-refractivity contribution in [1.29, 1.82) is 0 Å². The molecule has 1 saturated heterocycles. The number of hydrogen-bond acceptors (Lipinski definition) is 3. The lowest BCUT2D eigenvalue weighted by molar-refractivity contribution is -0.135. The molecule has 1 unspecified atom stereocenters. The highest BCUT2D eigenvalue weighted by Crippen LogP contribution is 2.26. The summed E-state index contributed by atoms with van der Waals surface area (Å²) >= 11 is 4.84. The second-order valence-corrected chi connectivity index (χ2v) is 5.94. The van der Waals surface area contributed by atoms with E-state index in [1.165, 1.54) is 11.3 Å². The standard InChI is InChI=1S/C12H16BrN3O2S/c1-2-16-5-3-4-9(11(16)17)14-12(18)15-10-7-19-6-8(10)13/h6-7,9H,2-5H2,1H3,(H2,14,15,18). The van der Waals surface area contributed by atoms with Crippen molar-refractivity contribution in [2.45, 2.75) is 25.8 Å². The number of rotatable bonds is 3. The number of piperidine rings is 1. The first-order valence-corrected chi connectivity index (χ1v) is 7.93. The highest BCUT2D eigenvalue weighted by molar-refractivity contribution is 9.10. The van der Waals surface area contributed by atoms with Crippen LogP contribution in [0.4, 0.5) is 10.5 Å². The van der Waals surface area contributed by atoms with Crippen molar-refractivity contribution in [2.75, 3.05) is 18.4 Å². The number of amides is 3. The molecule has 5 nitrogen and oxygen atoms in total. The maximum atomic E-state index is 12.0. The third kappa shape index (κ3) is 3.48. The average molecular weight is 346 g/mol. The molecule has 1 aromatic heterocycles. The molecule has 0 spiro atoms. The zero-order valence-corrected chi connectivity index (χ0v) is 13.0. The van der Waals surface area contributed by atoms with Crippen LogP contribution < -0.4 is 10.6 Å². The normalized spacial score (nSPS) is 19.4. The summed E-state index contributed by atoms with van der Waals surface area (Å²) in [6.45, 7) is 3.42. The van der Waals surface area contributed by atoms with E-state index in [0.29, 0.717) is 13.0 Å². The molecule has 2 rings (SSSR count). The number of halogens is 1. The zero-order valence-electron chi connectivity index (χ0n) is 10.6. The van der Waals surface area contributed by atoms with E-state index in [9.17, 15) is 9.59 Å². The molecule has 0 saturated carbocycles. The molecule has 0 bridgehead atoms. The van der Waals surface area contributed by atoms with Crippen LogP contribution >= 0.6 is 27.3 Å². The fourth-order valence-electron chi connectivity index (χ4n) is 2.08. The van der Waals surface area contributed by atoms with Gasteiger partial charge >= 0.3 is 6.03 Å². The Labute approximate surface area is 124 Å².